The lowest BCUT2D eigenvalue weighted by atomic mass is 10.1. The van der Waals surface area contributed by atoms with Crippen LogP contribution in [0.2, 0.25) is 0 Å². The summed E-state index contributed by atoms with van der Waals surface area (Å²) in [5, 5.41) is 1.73. The molecule has 2 aliphatic heterocycles. The Hall–Kier alpha value is -3.93. The molecule has 2 aliphatic rings. The highest BCUT2D eigenvalue weighted by Gasteiger charge is 2.33. The van der Waals surface area contributed by atoms with E-state index in [-0.39, 0.29) is 13.2 Å². The highest BCUT2D eigenvalue weighted by Crippen LogP contribution is 2.49. The van der Waals surface area contributed by atoms with Crippen molar-refractivity contribution in [1.29, 1.82) is 0 Å². The lowest BCUT2D eigenvalue weighted by Gasteiger charge is -2.36. The van der Waals surface area contributed by atoms with E-state index in [1.54, 1.807) is 18.2 Å². The number of hydrogen-bond acceptors (Lipinski definition) is 8. The number of alkyl halides is 3. The topological polar surface area (TPSA) is 71.3 Å². The summed E-state index contributed by atoms with van der Waals surface area (Å²) in [6.07, 6.45) is -3.57. The van der Waals surface area contributed by atoms with E-state index < -0.39 is 17.7 Å². The van der Waals surface area contributed by atoms with E-state index in [0.29, 0.717) is 30.2 Å². The molecule has 0 aromatic heterocycles. The molecule has 45 heavy (non-hydrogen) atoms. The maximum absolute atomic E-state index is 13.5. The van der Waals surface area contributed by atoms with Crippen LogP contribution in [0.25, 0.3) is 10.8 Å². The number of para-hydroxylation sites is 1. The van der Waals surface area contributed by atoms with Gasteiger partial charge in [-0.15, -0.1) is 0 Å². The number of benzene rings is 4. The van der Waals surface area contributed by atoms with Gasteiger partial charge in [0.15, 0.2) is 6.61 Å². The van der Waals surface area contributed by atoms with Crippen molar-refractivity contribution in [3.63, 3.8) is 0 Å². The van der Waals surface area contributed by atoms with Crippen LogP contribution in [-0.2, 0) is 15.7 Å². The Kier molecular flexibility index (Phi) is 9.39. The van der Waals surface area contributed by atoms with Gasteiger partial charge in [-0.25, -0.2) is 4.79 Å². The molecule has 236 valence electrons. The highest BCUT2D eigenvalue weighted by atomic mass is 32.2. The molecule has 0 atom stereocenters. The fraction of sp³-hybridized carbons (Fsp3) is 0.324. The van der Waals surface area contributed by atoms with Gasteiger partial charge < -0.3 is 25.0 Å². The van der Waals surface area contributed by atoms with Crippen molar-refractivity contribution < 1.29 is 27.4 Å². The quantitative estimate of drug-likeness (QED) is 0.153. The molecule has 4 aromatic rings. The van der Waals surface area contributed by atoms with Crippen LogP contribution in [-0.4, -0.2) is 74.8 Å². The standard InChI is InChI=1S/C34H35F3N4O3S/c35-34(36,37)24-10-13-32-29(22-24)41(28-8-3-4-9-31(28)45-32)15-5-14-39-16-18-40(19-17-39)20-21-43-33(42)23-44-30-12-11-27(38)25-6-1-2-7-26(25)30/h1-4,6-13,22H,5,14-21,23,38H2. The van der Waals surface area contributed by atoms with E-state index in [2.05, 4.69) is 9.80 Å². The normalized spacial score (nSPS) is 15.5. The second kappa shape index (κ2) is 13.6. The molecule has 2 N–H and O–H groups in total. The van der Waals surface area contributed by atoms with Gasteiger partial charge in [0.05, 0.1) is 16.9 Å². The lowest BCUT2D eigenvalue weighted by molar-refractivity contribution is -0.146. The minimum Gasteiger partial charge on any atom is -0.481 e. The predicted octanol–water partition coefficient (Wildman–Crippen LogP) is 6.67. The number of nitrogens with zero attached hydrogens (tertiary/aromatic N) is 3. The zero-order chi connectivity index (χ0) is 31.4. The minimum atomic E-state index is -4.39. The summed E-state index contributed by atoms with van der Waals surface area (Å²) < 4.78 is 51.7. The van der Waals surface area contributed by atoms with Crippen molar-refractivity contribution in [3.05, 3.63) is 84.4 Å². The Morgan fingerprint density at radius 2 is 1.49 bits per heavy atom. The van der Waals surface area contributed by atoms with Crippen LogP contribution in [0, 0.1) is 0 Å². The number of carbonyl (C=O) groups is 1. The molecule has 0 radical (unpaired) electrons. The average molecular weight is 637 g/mol. The third kappa shape index (κ3) is 7.32. The van der Waals surface area contributed by atoms with Gasteiger partial charge in [-0.2, -0.15) is 13.2 Å². The summed E-state index contributed by atoms with van der Waals surface area (Å²) in [5.41, 5.74) is 7.62. The van der Waals surface area contributed by atoms with Crippen LogP contribution >= 0.6 is 11.8 Å². The first-order valence-electron chi connectivity index (χ1n) is 15.0. The van der Waals surface area contributed by atoms with Gasteiger partial charge in [0.1, 0.15) is 12.4 Å². The Bertz CT molecular complexity index is 1660. The Balaban J connectivity index is 0.937. The second-order valence-electron chi connectivity index (χ2n) is 11.1. The largest absolute Gasteiger partial charge is 0.481 e. The van der Waals surface area contributed by atoms with Crippen molar-refractivity contribution >= 4 is 45.6 Å². The van der Waals surface area contributed by atoms with Crippen molar-refractivity contribution in [2.24, 2.45) is 0 Å². The Morgan fingerprint density at radius 3 is 2.27 bits per heavy atom. The van der Waals surface area contributed by atoms with Gasteiger partial charge in [-0.1, -0.05) is 48.2 Å². The van der Waals surface area contributed by atoms with Crippen molar-refractivity contribution in [2.45, 2.75) is 22.4 Å². The molecule has 0 amide bonds. The first-order valence-corrected chi connectivity index (χ1v) is 15.8. The van der Waals surface area contributed by atoms with Crippen molar-refractivity contribution in [2.75, 3.05) is 69.7 Å². The van der Waals surface area contributed by atoms with Gasteiger partial charge in [-0.05, 0) is 55.4 Å². The van der Waals surface area contributed by atoms with E-state index in [0.717, 1.165) is 71.5 Å². The van der Waals surface area contributed by atoms with Crippen LogP contribution in [0.1, 0.15) is 12.0 Å². The fourth-order valence-electron chi connectivity index (χ4n) is 5.82. The number of esters is 1. The minimum absolute atomic E-state index is 0.177. The zero-order valence-corrected chi connectivity index (χ0v) is 25.6. The summed E-state index contributed by atoms with van der Waals surface area (Å²) >= 11 is 1.51. The highest BCUT2D eigenvalue weighted by molar-refractivity contribution is 7.99. The van der Waals surface area contributed by atoms with E-state index in [1.807, 2.05) is 53.4 Å². The molecule has 6 rings (SSSR count). The SMILES string of the molecule is Nc1ccc(OCC(=O)OCCN2CCN(CCCN3c4ccccc4Sc4ccc(C(F)(F)F)cc43)CC2)c2ccccc12. The van der Waals surface area contributed by atoms with Gasteiger partial charge in [0, 0.05) is 65.5 Å². The number of nitrogen functional groups attached to an aromatic ring is 1. The van der Waals surface area contributed by atoms with Gasteiger partial charge in [-0.3, -0.25) is 4.90 Å². The summed E-state index contributed by atoms with van der Waals surface area (Å²) in [4.78, 5) is 20.9. The van der Waals surface area contributed by atoms with E-state index >= 15 is 0 Å². The molecule has 1 saturated heterocycles. The van der Waals surface area contributed by atoms with Gasteiger partial charge >= 0.3 is 12.1 Å². The molecule has 0 aliphatic carbocycles. The molecule has 7 nitrogen and oxygen atoms in total. The number of fused-ring (bicyclic) bond motifs is 3. The molecule has 0 unspecified atom stereocenters. The summed E-state index contributed by atoms with van der Waals surface area (Å²) in [6, 6.07) is 23.0. The van der Waals surface area contributed by atoms with Crippen LogP contribution in [0.15, 0.2) is 88.7 Å². The Morgan fingerprint density at radius 1 is 0.800 bits per heavy atom. The van der Waals surface area contributed by atoms with Crippen LogP contribution in [0.4, 0.5) is 30.2 Å². The lowest BCUT2D eigenvalue weighted by Crippen LogP contribution is -2.47. The molecular weight excluding hydrogens is 601 g/mol. The molecule has 2 heterocycles. The molecule has 1 fully saturated rings. The fourth-order valence-corrected chi connectivity index (χ4v) is 6.90. The first kappa shape index (κ1) is 31.1. The number of halogens is 3. The maximum Gasteiger partial charge on any atom is 0.416 e. The smallest absolute Gasteiger partial charge is 0.416 e. The Labute approximate surface area is 264 Å². The number of piperazine rings is 1. The predicted molar refractivity (Wildman–Crippen MR) is 171 cm³/mol. The second-order valence-corrected chi connectivity index (χ2v) is 12.2. The number of ether oxygens (including phenoxy) is 2. The third-order valence-electron chi connectivity index (χ3n) is 8.21. The molecule has 4 aromatic carbocycles. The maximum atomic E-state index is 13.5. The summed E-state index contributed by atoms with van der Waals surface area (Å²) in [5.74, 6) is 0.169. The van der Waals surface area contributed by atoms with Crippen LogP contribution in [0.3, 0.4) is 0 Å². The van der Waals surface area contributed by atoms with Gasteiger partial charge in [0.2, 0.25) is 0 Å². The number of carbonyl (C=O) groups excluding carboxylic acids is 1. The molecule has 11 heteroatoms. The van der Waals surface area contributed by atoms with Crippen LogP contribution < -0.4 is 15.4 Å². The third-order valence-corrected chi connectivity index (χ3v) is 9.34. The zero-order valence-electron chi connectivity index (χ0n) is 24.8. The number of rotatable bonds is 10. The van der Waals surface area contributed by atoms with Crippen LogP contribution in [0.5, 0.6) is 5.75 Å². The molecular formula is C34H35F3N4O3S. The number of hydrogen-bond donors (Lipinski definition) is 1. The molecule has 0 bridgehead atoms. The van der Waals surface area contributed by atoms with Crippen molar-refractivity contribution in [3.8, 4) is 5.75 Å². The molecule has 0 saturated carbocycles. The van der Waals surface area contributed by atoms with E-state index in [4.69, 9.17) is 15.2 Å². The summed E-state index contributed by atoms with van der Waals surface area (Å²) in [7, 11) is 0. The van der Waals surface area contributed by atoms with Crippen molar-refractivity contribution in [1.82, 2.24) is 9.80 Å². The number of nitrogens with two attached hydrogens (primary N) is 1. The molecule has 0 spiro atoms. The van der Waals surface area contributed by atoms with E-state index in [1.165, 1.54) is 17.8 Å². The van der Waals surface area contributed by atoms with E-state index in [9.17, 15) is 18.0 Å². The number of anilines is 3. The monoisotopic (exact) mass is 636 g/mol. The van der Waals surface area contributed by atoms with Gasteiger partial charge in [0.25, 0.3) is 0 Å². The average Bonchev–Trinajstić information content (AvgIpc) is 3.04. The summed E-state index contributed by atoms with van der Waals surface area (Å²) in [6.45, 7) is 5.69. The first-order chi connectivity index (χ1) is 21.8.